The molecule has 0 aromatic carbocycles. The van der Waals surface area contributed by atoms with Crippen LogP contribution in [0, 0.1) is 0 Å². The largest absolute Gasteiger partial charge is 0.477 e. The van der Waals surface area contributed by atoms with Crippen LogP contribution < -0.4 is 5.46 Å². The van der Waals surface area contributed by atoms with Gasteiger partial charge in [-0.05, 0) is 12.3 Å². The van der Waals surface area contributed by atoms with E-state index in [1.165, 1.54) is 0 Å². The molecule has 1 heterocycles. The van der Waals surface area contributed by atoms with Gasteiger partial charge in [-0.25, -0.2) is 4.79 Å². The third-order valence-corrected chi connectivity index (χ3v) is 1.06. The number of hydrogen-bond acceptors (Lipinski definition) is 1. The van der Waals surface area contributed by atoms with Gasteiger partial charge in [0.1, 0.15) is 13.5 Å². The molecule has 0 bridgehead atoms. The molecule has 3 nitrogen and oxygen atoms in total. The van der Waals surface area contributed by atoms with Crippen LogP contribution in [0.3, 0.4) is 0 Å². The van der Waals surface area contributed by atoms with Crippen LogP contribution >= 0.6 is 0 Å². The molecule has 0 radical (unpaired) electrons. The Balaban J connectivity index is 2.98. The summed E-state index contributed by atoms with van der Waals surface area (Å²) < 4.78 is 0. The van der Waals surface area contributed by atoms with Crippen molar-refractivity contribution in [2.75, 3.05) is 0 Å². The second kappa shape index (κ2) is 1.97. The van der Waals surface area contributed by atoms with Gasteiger partial charge in [0.15, 0.2) is 0 Å². The number of carbonyl (C=O) groups is 1. The van der Waals surface area contributed by atoms with Crippen LogP contribution in [-0.2, 0) is 0 Å². The molecule has 0 aliphatic heterocycles. The molecule has 1 aromatic rings. The van der Waals surface area contributed by atoms with Crippen molar-refractivity contribution in [3.8, 4) is 0 Å². The summed E-state index contributed by atoms with van der Waals surface area (Å²) in [5.41, 5.74) is 1.18. The van der Waals surface area contributed by atoms with E-state index in [-0.39, 0.29) is 5.69 Å². The van der Waals surface area contributed by atoms with Gasteiger partial charge in [-0.2, -0.15) is 0 Å². The Bertz CT molecular complexity index is 231. The van der Waals surface area contributed by atoms with Gasteiger partial charge in [-0.1, -0.05) is 5.46 Å². The number of nitrogens with one attached hydrogen (secondary N) is 1. The predicted octanol–water partition coefficient (Wildman–Crippen LogP) is -1.03. The molecule has 0 aliphatic rings. The summed E-state index contributed by atoms with van der Waals surface area (Å²) in [6, 6.07) is 1.59. The number of aromatic amines is 1. The summed E-state index contributed by atoms with van der Waals surface area (Å²) in [7, 11) is 1.84. The third kappa shape index (κ3) is 1.13. The van der Waals surface area contributed by atoms with Gasteiger partial charge in [0.25, 0.3) is 0 Å². The average molecular weight is 123 g/mol. The monoisotopic (exact) mass is 123 g/mol. The van der Waals surface area contributed by atoms with Crippen molar-refractivity contribution in [1.29, 1.82) is 0 Å². The fraction of sp³-hybridized carbons (Fsp3) is 0. The first-order valence-corrected chi connectivity index (χ1v) is 2.58. The lowest BCUT2D eigenvalue weighted by molar-refractivity contribution is 0.0691. The van der Waals surface area contributed by atoms with Crippen molar-refractivity contribution >= 4 is 19.3 Å². The molecule has 1 rings (SSSR count). The zero-order valence-electron chi connectivity index (χ0n) is 5.01. The van der Waals surface area contributed by atoms with Gasteiger partial charge in [0.05, 0.1) is 0 Å². The quantitative estimate of drug-likeness (QED) is 0.469. The second-order valence-corrected chi connectivity index (χ2v) is 1.90. The molecular formula is C5H6BNO2. The maximum absolute atomic E-state index is 10.2. The van der Waals surface area contributed by atoms with E-state index in [1.54, 1.807) is 12.3 Å². The van der Waals surface area contributed by atoms with Crippen molar-refractivity contribution in [1.82, 2.24) is 4.98 Å². The van der Waals surface area contributed by atoms with Gasteiger partial charge in [-0.15, -0.1) is 0 Å². The highest BCUT2D eigenvalue weighted by Gasteiger charge is 2.01. The van der Waals surface area contributed by atoms with Crippen molar-refractivity contribution in [3.05, 3.63) is 18.0 Å². The molecule has 0 saturated heterocycles. The van der Waals surface area contributed by atoms with Gasteiger partial charge >= 0.3 is 5.97 Å². The molecule has 0 unspecified atom stereocenters. The van der Waals surface area contributed by atoms with Gasteiger partial charge < -0.3 is 10.1 Å². The second-order valence-electron chi connectivity index (χ2n) is 1.90. The first-order chi connectivity index (χ1) is 4.20. The fourth-order valence-electron chi connectivity index (χ4n) is 0.626. The Labute approximate surface area is 53.1 Å². The summed E-state index contributed by atoms with van der Waals surface area (Å²) in [5, 5.41) is 8.37. The normalized spacial score (nSPS) is 9.33. The molecule has 0 fully saturated rings. The van der Waals surface area contributed by atoms with E-state index < -0.39 is 5.97 Å². The molecular weight excluding hydrogens is 117 g/mol. The summed E-state index contributed by atoms with van der Waals surface area (Å²) in [6.07, 6.45) is 1.66. The Hall–Kier alpha value is -1.19. The minimum Gasteiger partial charge on any atom is -0.477 e. The van der Waals surface area contributed by atoms with E-state index in [4.69, 9.17) is 5.11 Å². The zero-order valence-corrected chi connectivity index (χ0v) is 5.01. The molecule has 1 aromatic heterocycles. The van der Waals surface area contributed by atoms with E-state index in [2.05, 4.69) is 4.98 Å². The van der Waals surface area contributed by atoms with Crippen molar-refractivity contribution < 1.29 is 9.90 Å². The average Bonchev–Trinajstić information content (AvgIpc) is 2.14. The van der Waals surface area contributed by atoms with Crippen LogP contribution in [0.25, 0.3) is 0 Å². The Morgan fingerprint density at radius 1 is 1.78 bits per heavy atom. The summed E-state index contributed by atoms with van der Waals surface area (Å²) >= 11 is 0. The minimum absolute atomic E-state index is 0.243. The topological polar surface area (TPSA) is 53.1 Å². The van der Waals surface area contributed by atoms with Gasteiger partial charge in [0.2, 0.25) is 0 Å². The van der Waals surface area contributed by atoms with Crippen molar-refractivity contribution in [2.24, 2.45) is 0 Å². The van der Waals surface area contributed by atoms with E-state index in [9.17, 15) is 4.79 Å². The Morgan fingerprint density at radius 3 is 2.67 bits per heavy atom. The van der Waals surface area contributed by atoms with Crippen molar-refractivity contribution in [3.63, 3.8) is 0 Å². The molecule has 0 atom stereocenters. The van der Waals surface area contributed by atoms with Gasteiger partial charge in [0, 0.05) is 0 Å². The summed E-state index contributed by atoms with van der Waals surface area (Å²) in [4.78, 5) is 12.8. The lowest BCUT2D eigenvalue weighted by Crippen LogP contribution is -1.97. The van der Waals surface area contributed by atoms with Crippen LogP contribution in [0.1, 0.15) is 10.5 Å². The third-order valence-electron chi connectivity index (χ3n) is 1.06. The molecule has 0 saturated carbocycles. The number of carboxylic acid groups (broad SMARTS) is 1. The van der Waals surface area contributed by atoms with E-state index in [0.717, 1.165) is 5.46 Å². The maximum atomic E-state index is 10.2. The van der Waals surface area contributed by atoms with Crippen LogP contribution in [0.15, 0.2) is 12.3 Å². The Morgan fingerprint density at radius 2 is 2.44 bits per heavy atom. The molecule has 0 aliphatic carbocycles. The zero-order chi connectivity index (χ0) is 6.85. The molecule has 46 valence electrons. The first-order valence-electron chi connectivity index (χ1n) is 2.58. The van der Waals surface area contributed by atoms with Crippen LogP contribution in [0.4, 0.5) is 0 Å². The molecule has 4 heteroatoms. The van der Waals surface area contributed by atoms with Crippen LogP contribution in [0.2, 0.25) is 0 Å². The van der Waals surface area contributed by atoms with Crippen molar-refractivity contribution in [2.45, 2.75) is 0 Å². The van der Waals surface area contributed by atoms with Crippen LogP contribution in [0.5, 0.6) is 0 Å². The number of H-pyrrole nitrogens is 1. The number of rotatable bonds is 1. The minimum atomic E-state index is -0.914. The fourth-order valence-corrected chi connectivity index (χ4v) is 0.626. The van der Waals surface area contributed by atoms with E-state index >= 15 is 0 Å². The molecule has 0 amide bonds. The first kappa shape index (κ1) is 5.94. The van der Waals surface area contributed by atoms with E-state index in [0.29, 0.717) is 0 Å². The number of aromatic carboxylic acids is 1. The standard InChI is InChI=1S/C5H6BNO2/c6-3-1-4(5(8)9)7-2-3/h1-2,7H,6H2,(H,8,9). The lowest BCUT2D eigenvalue weighted by Gasteiger charge is -1.81. The van der Waals surface area contributed by atoms with E-state index in [1.807, 2.05) is 7.85 Å². The molecule has 9 heavy (non-hydrogen) atoms. The highest BCUT2D eigenvalue weighted by atomic mass is 16.4. The molecule has 0 spiro atoms. The highest BCUT2D eigenvalue weighted by Crippen LogP contribution is 1.88. The Kier molecular flexibility index (Phi) is 1.30. The molecule has 2 N–H and O–H groups in total. The smallest absolute Gasteiger partial charge is 0.352 e. The van der Waals surface area contributed by atoms with Crippen LogP contribution in [-0.4, -0.2) is 23.9 Å². The van der Waals surface area contributed by atoms with Gasteiger partial charge in [-0.3, -0.25) is 0 Å². The lowest BCUT2D eigenvalue weighted by atomic mass is 10.0. The summed E-state index contributed by atoms with van der Waals surface area (Å²) in [5.74, 6) is -0.914. The highest BCUT2D eigenvalue weighted by molar-refractivity contribution is 6.32. The number of carboxylic acids is 1. The summed E-state index contributed by atoms with van der Waals surface area (Å²) in [6.45, 7) is 0. The maximum Gasteiger partial charge on any atom is 0.352 e. The number of aromatic nitrogens is 1. The SMILES string of the molecule is Bc1c[nH]c(C(=O)O)c1. The number of hydrogen-bond donors (Lipinski definition) is 2. The predicted molar refractivity (Wildman–Crippen MR) is 35.9 cm³/mol.